The molecule has 8 nitrogen and oxygen atoms in total. The molecule has 170 valence electrons. The fourth-order valence-electron chi connectivity index (χ4n) is 3.24. The molecule has 0 radical (unpaired) electrons. The Morgan fingerprint density at radius 2 is 1.75 bits per heavy atom. The van der Waals surface area contributed by atoms with Crippen LogP contribution in [0.25, 0.3) is 0 Å². The molecular formula is C24H29N3O5. The van der Waals surface area contributed by atoms with Crippen LogP contribution in [0.1, 0.15) is 47.2 Å². The first kappa shape index (κ1) is 23.3. The van der Waals surface area contributed by atoms with Crippen LogP contribution < -0.4 is 20.9 Å². The molecule has 0 saturated carbocycles. The van der Waals surface area contributed by atoms with Gasteiger partial charge >= 0.3 is 0 Å². The summed E-state index contributed by atoms with van der Waals surface area (Å²) in [7, 11) is 0. The molecule has 0 aliphatic carbocycles. The monoisotopic (exact) mass is 439 g/mol. The SMILES string of the molecule is Cc1ccc(C)c(NC(=O)CCC(=O)NNC(=O)c2ccc(OCC3CCCO3)cc2)c1. The van der Waals surface area contributed by atoms with Gasteiger partial charge in [-0.2, -0.15) is 0 Å². The van der Waals surface area contributed by atoms with E-state index in [-0.39, 0.29) is 24.9 Å². The Balaban J connectivity index is 1.37. The molecule has 0 bridgehead atoms. The summed E-state index contributed by atoms with van der Waals surface area (Å²) in [5, 5.41) is 2.80. The van der Waals surface area contributed by atoms with E-state index in [9.17, 15) is 14.4 Å². The van der Waals surface area contributed by atoms with Gasteiger partial charge in [0.1, 0.15) is 12.4 Å². The fraction of sp³-hybridized carbons (Fsp3) is 0.375. The molecule has 0 spiro atoms. The molecular weight excluding hydrogens is 410 g/mol. The minimum Gasteiger partial charge on any atom is -0.491 e. The van der Waals surface area contributed by atoms with Crippen LogP contribution in [0.15, 0.2) is 42.5 Å². The number of carbonyl (C=O) groups is 3. The van der Waals surface area contributed by atoms with Gasteiger partial charge in [0.15, 0.2) is 0 Å². The maximum absolute atomic E-state index is 12.2. The summed E-state index contributed by atoms with van der Waals surface area (Å²) in [6.07, 6.45) is 2.12. The zero-order valence-electron chi connectivity index (χ0n) is 18.4. The lowest BCUT2D eigenvalue weighted by Crippen LogP contribution is -2.41. The van der Waals surface area contributed by atoms with E-state index in [0.29, 0.717) is 17.9 Å². The number of nitrogens with one attached hydrogen (secondary N) is 3. The minimum atomic E-state index is -0.455. The Kier molecular flexibility index (Phi) is 8.21. The molecule has 1 saturated heterocycles. The van der Waals surface area contributed by atoms with Gasteiger partial charge in [-0.1, -0.05) is 12.1 Å². The maximum atomic E-state index is 12.2. The normalized spacial score (nSPS) is 15.1. The smallest absolute Gasteiger partial charge is 0.269 e. The average molecular weight is 440 g/mol. The highest BCUT2D eigenvalue weighted by molar-refractivity contribution is 5.96. The second-order valence-corrected chi connectivity index (χ2v) is 7.84. The van der Waals surface area contributed by atoms with Crippen molar-refractivity contribution < 1.29 is 23.9 Å². The van der Waals surface area contributed by atoms with Crippen molar-refractivity contribution in [1.29, 1.82) is 0 Å². The van der Waals surface area contributed by atoms with Gasteiger partial charge in [-0.3, -0.25) is 25.2 Å². The van der Waals surface area contributed by atoms with Gasteiger partial charge in [0.2, 0.25) is 11.8 Å². The van der Waals surface area contributed by atoms with E-state index < -0.39 is 11.8 Å². The third kappa shape index (κ3) is 7.09. The molecule has 1 aliphatic rings. The predicted octanol–water partition coefficient (Wildman–Crippen LogP) is 3.04. The highest BCUT2D eigenvalue weighted by Crippen LogP contribution is 2.17. The second-order valence-electron chi connectivity index (χ2n) is 7.84. The van der Waals surface area contributed by atoms with Crippen LogP contribution in [-0.2, 0) is 14.3 Å². The number of aryl methyl sites for hydroxylation is 2. The first-order chi connectivity index (χ1) is 15.4. The Morgan fingerprint density at radius 1 is 1.00 bits per heavy atom. The molecule has 2 aromatic carbocycles. The molecule has 32 heavy (non-hydrogen) atoms. The van der Waals surface area contributed by atoms with Crippen molar-refractivity contribution in [3.63, 3.8) is 0 Å². The zero-order chi connectivity index (χ0) is 22.9. The van der Waals surface area contributed by atoms with Gasteiger partial charge in [-0.05, 0) is 68.1 Å². The number of hydrogen-bond donors (Lipinski definition) is 3. The van der Waals surface area contributed by atoms with Crippen LogP contribution in [0.3, 0.4) is 0 Å². The summed E-state index contributed by atoms with van der Waals surface area (Å²) in [6.45, 7) is 5.10. The molecule has 2 aromatic rings. The first-order valence-corrected chi connectivity index (χ1v) is 10.7. The molecule has 1 fully saturated rings. The van der Waals surface area contributed by atoms with Crippen molar-refractivity contribution in [1.82, 2.24) is 10.9 Å². The Labute approximate surface area is 187 Å². The van der Waals surface area contributed by atoms with Crippen molar-refractivity contribution in [2.75, 3.05) is 18.5 Å². The molecule has 8 heteroatoms. The average Bonchev–Trinajstić information content (AvgIpc) is 3.31. The van der Waals surface area contributed by atoms with E-state index in [1.54, 1.807) is 24.3 Å². The summed E-state index contributed by atoms with van der Waals surface area (Å²) >= 11 is 0. The molecule has 0 aromatic heterocycles. The first-order valence-electron chi connectivity index (χ1n) is 10.7. The largest absolute Gasteiger partial charge is 0.491 e. The van der Waals surface area contributed by atoms with Gasteiger partial charge in [-0.25, -0.2) is 0 Å². The topological polar surface area (TPSA) is 106 Å². The van der Waals surface area contributed by atoms with Crippen molar-refractivity contribution >= 4 is 23.4 Å². The number of hydrogen-bond acceptors (Lipinski definition) is 5. The molecule has 1 aliphatic heterocycles. The summed E-state index contributed by atoms with van der Waals surface area (Å²) in [5.74, 6) is -0.524. The lowest BCUT2D eigenvalue weighted by molar-refractivity contribution is -0.124. The molecule has 3 N–H and O–H groups in total. The third-order valence-electron chi connectivity index (χ3n) is 5.14. The molecule has 3 rings (SSSR count). The quantitative estimate of drug-likeness (QED) is 0.548. The van der Waals surface area contributed by atoms with Gasteiger partial charge < -0.3 is 14.8 Å². The number of ether oxygens (including phenoxy) is 2. The van der Waals surface area contributed by atoms with Gasteiger partial charge in [0.05, 0.1) is 6.10 Å². The molecule has 3 amide bonds. The summed E-state index contributed by atoms with van der Waals surface area (Å²) in [5.41, 5.74) is 7.78. The Bertz CT molecular complexity index is 953. The zero-order valence-corrected chi connectivity index (χ0v) is 18.4. The highest BCUT2D eigenvalue weighted by atomic mass is 16.5. The van der Waals surface area contributed by atoms with E-state index in [4.69, 9.17) is 9.47 Å². The lowest BCUT2D eigenvalue weighted by atomic mass is 10.1. The number of amides is 3. The van der Waals surface area contributed by atoms with Crippen LogP contribution in [-0.4, -0.2) is 37.0 Å². The number of rotatable bonds is 8. The van der Waals surface area contributed by atoms with Gasteiger partial charge in [-0.15, -0.1) is 0 Å². The molecule has 1 heterocycles. The van der Waals surface area contributed by atoms with Crippen molar-refractivity contribution in [2.24, 2.45) is 0 Å². The summed E-state index contributed by atoms with van der Waals surface area (Å²) < 4.78 is 11.2. The predicted molar refractivity (Wildman–Crippen MR) is 120 cm³/mol. The van der Waals surface area contributed by atoms with Crippen LogP contribution in [0.2, 0.25) is 0 Å². The Morgan fingerprint density at radius 3 is 2.47 bits per heavy atom. The van der Waals surface area contributed by atoms with E-state index >= 15 is 0 Å². The minimum absolute atomic E-state index is 0.00578. The van der Waals surface area contributed by atoms with Crippen LogP contribution in [0.5, 0.6) is 5.75 Å². The number of benzene rings is 2. The van der Waals surface area contributed by atoms with Gasteiger partial charge in [0.25, 0.3) is 5.91 Å². The van der Waals surface area contributed by atoms with Crippen molar-refractivity contribution in [3.05, 3.63) is 59.2 Å². The van der Waals surface area contributed by atoms with Crippen LogP contribution in [0.4, 0.5) is 5.69 Å². The number of anilines is 1. The standard InChI is InChI=1S/C24H29N3O5/c1-16-5-6-17(2)21(14-16)25-22(28)11-12-23(29)26-27-24(30)18-7-9-19(10-8-18)32-15-20-4-3-13-31-20/h5-10,14,20H,3-4,11-13,15H2,1-2H3,(H,25,28)(H,26,29)(H,27,30). The van der Waals surface area contributed by atoms with E-state index in [1.807, 2.05) is 32.0 Å². The molecule has 1 unspecified atom stereocenters. The summed E-state index contributed by atoms with van der Waals surface area (Å²) in [6, 6.07) is 12.4. The summed E-state index contributed by atoms with van der Waals surface area (Å²) in [4.78, 5) is 36.3. The number of carbonyl (C=O) groups excluding carboxylic acids is 3. The van der Waals surface area contributed by atoms with Gasteiger partial charge in [0, 0.05) is 30.7 Å². The highest BCUT2D eigenvalue weighted by Gasteiger charge is 2.16. The second kappa shape index (κ2) is 11.3. The van der Waals surface area contributed by atoms with Crippen molar-refractivity contribution in [2.45, 2.75) is 45.6 Å². The van der Waals surface area contributed by atoms with E-state index in [2.05, 4.69) is 16.2 Å². The number of hydrazine groups is 1. The third-order valence-corrected chi connectivity index (χ3v) is 5.14. The Hall–Kier alpha value is -3.39. The van der Waals surface area contributed by atoms with Crippen molar-refractivity contribution in [3.8, 4) is 5.75 Å². The molecule has 1 atom stereocenters. The maximum Gasteiger partial charge on any atom is 0.269 e. The fourth-order valence-corrected chi connectivity index (χ4v) is 3.24. The van der Waals surface area contributed by atoms with Crippen LogP contribution >= 0.6 is 0 Å². The van der Waals surface area contributed by atoms with E-state index in [1.165, 1.54) is 0 Å². The van der Waals surface area contributed by atoms with E-state index in [0.717, 1.165) is 36.3 Å². The van der Waals surface area contributed by atoms with Crippen LogP contribution in [0, 0.1) is 13.8 Å². The lowest BCUT2D eigenvalue weighted by Gasteiger charge is -2.12.